The van der Waals surface area contributed by atoms with Crippen molar-refractivity contribution in [3.8, 4) is 0 Å². The van der Waals surface area contributed by atoms with E-state index in [4.69, 9.17) is 11.6 Å². The zero-order chi connectivity index (χ0) is 14.8. The molecule has 0 bridgehead atoms. The van der Waals surface area contributed by atoms with Gasteiger partial charge in [-0.3, -0.25) is 4.98 Å². The molecule has 7 heteroatoms. The maximum Gasteiger partial charge on any atom is 0.241 e. The first-order valence-electron chi connectivity index (χ1n) is 5.77. The van der Waals surface area contributed by atoms with Gasteiger partial charge in [0.25, 0.3) is 0 Å². The number of rotatable bonds is 4. The van der Waals surface area contributed by atoms with Crippen molar-refractivity contribution in [1.29, 1.82) is 0 Å². The monoisotopic (exact) mass is 314 g/mol. The number of aromatic nitrogens is 1. The Morgan fingerprint density at radius 1 is 1.25 bits per heavy atom. The standard InChI is InChI=1S/C13H12ClFN2O2S/c1-9(10-4-6-16-7-5-10)17-20(18,19)11-2-3-13(15)12(14)8-11/h2-9,17H,1H3/t9-/m0/s1. The minimum Gasteiger partial charge on any atom is -0.265 e. The second-order valence-corrected chi connectivity index (χ2v) is 6.32. The van der Waals surface area contributed by atoms with Crippen LogP contribution in [0.4, 0.5) is 4.39 Å². The Labute approximate surface area is 121 Å². The van der Waals surface area contributed by atoms with E-state index in [1.54, 1.807) is 31.5 Å². The first kappa shape index (κ1) is 14.9. The lowest BCUT2D eigenvalue weighted by Gasteiger charge is -2.14. The molecule has 0 aliphatic carbocycles. The third kappa shape index (κ3) is 3.33. The van der Waals surface area contributed by atoms with Crippen LogP contribution in [0.3, 0.4) is 0 Å². The largest absolute Gasteiger partial charge is 0.265 e. The van der Waals surface area contributed by atoms with Crippen LogP contribution in [0.1, 0.15) is 18.5 Å². The highest BCUT2D eigenvalue weighted by Gasteiger charge is 2.19. The lowest BCUT2D eigenvalue weighted by atomic mass is 10.1. The van der Waals surface area contributed by atoms with Crippen LogP contribution in [0.25, 0.3) is 0 Å². The minimum absolute atomic E-state index is 0.0789. The predicted molar refractivity (Wildman–Crippen MR) is 74.4 cm³/mol. The summed E-state index contributed by atoms with van der Waals surface area (Å²) >= 11 is 5.60. The number of halogens is 2. The van der Waals surface area contributed by atoms with Gasteiger partial charge in [0.2, 0.25) is 10.0 Å². The maximum absolute atomic E-state index is 13.1. The van der Waals surface area contributed by atoms with Gasteiger partial charge in [0, 0.05) is 18.4 Å². The Balaban J connectivity index is 2.25. The van der Waals surface area contributed by atoms with Crippen molar-refractivity contribution in [2.45, 2.75) is 17.9 Å². The van der Waals surface area contributed by atoms with Gasteiger partial charge in [-0.15, -0.1) is 0 Å². The third-order valence-electron chi connectivity index (χ3n) is 2.74. The van der Waals surface area contributed by atoms with E-state index < -0.39 is 21.9 Å². The third-order valence-corrected chi connectivity index (χ3v) is 4.57. The van der Waals surface area contributed by atoms with Crippen molar-refractivity contribution in [2.24, 2.45) is 0 Å². The van der Waals surface area contributed by atoms with Crippen LogP contribution < -0.4 is 4.72 Å². The molecule has 20 heavy (non-hydrogen) atoms. The van der Waals surface area contributed by atoms with Crippen LogP contribution in [0.2, 0.25) is 5.02 Å². The van der Waals surface area contributed by atoms with Crippen molar-refractivity contribution in [3.63, 3.8) is 0 Å². The van der Waals surface area contributed by atoms with E-state index in [2.05, 4.69) is 9.71 Å². The smallest absolute Gasteiger partial charge is 0.241 e. The molecule has 1 heterocycles. The zero-order valence-corrected chi connectivity index (χ0v) is 12.1. The molecule has 1 N–H and O–H groups in total. The van der Waals surface area contributed by atoms with Crippen molar-refractivity contribution >= 4 is 21.6 Å². The average Bonchev–Trinajstić information content (AvgIpc) is 2.42. The van der Waals surface area contributed by atoms with Gasteiger partial charge in [0.05, 0.1) is 9.92 Å². The molecule has 1 atom stereocenters. The number of hydrogen-bond donors (Lipinski definition) is 1. The van der Waals surface area contributed by atoms with E-state index in [1.807, 2.05) is 0 Å². The molecule has 0 saturated carbocycles. The Morgan fingerprint density at radius 3 is 2.50 bits per heavy atom. The summed E-state index contributed by atoms with van der Waals surface area (Å²) < 4.78 is 39.9. The molecule has 0 unspecified atom stereocenters. The van der Waals surface area contributed by atoms with Crippen molar-refractivity contribution in [2.75, 3.05) is 0 Å². The molecule has 1 aromatic carbocycles. The summed E-state index contributed by atoms with van der Waals surface area (Å²) in [5, 5.41) is -0.232. The van der Waals surface area contributed by atoms with Gasteiger partial charge >= 0.3 is 0 Å². The van der Waals surface area contributed by atoms with E-state index in [9.17, 15) is 12.8 Å². The molecule has 1 aromatic heterocycles. The summed E-state index contributed by atoms with van der Waals surface area (Å²) in [4.78, 5) is 3.79. The first-order valence-corrected chi connectivity index (χ1v) is 7.63. The fraction of sp³-hybridized carbons (Fsp3) is 0.154. The molecule has 2 rings (SSSR count). The molecule has 106 valence electrons. The summed E-state index contributed by atoms with van der Waals surface area (Å²) in [6, 6.07) is 6.26. The molecule has 0 aliphatic rings. The second-order valence-electron chi connectivity index (χ2n) is 4.20. The number of hydrogen-bond acceptors (Lipinski definition) is 3. The zero-order valence-electron chi connectivity index (χ0n) is 10.5. The number of benzene rings is 1. The summed E-state index contributed by atoms with van der Waals surface area (Å²) in [5.41, 5.74) is 0.775. The molecule has 0 fully saturated rings. The summed E-state index contributed by atoms with van der Waals surface area (Å²) in [5.74, 6) is -0.659. The van der Waals surface area contributed by atoms with E-state index in [-0.39, 0.29) is 9.92 Å². The van der Waals surface area contributed by atoms with Crippen LogP contribution in [-0.4, -0.2) is 13.4 Å². The quantitative estimate of drug-likeness (QED) is 0.944. The maximum atomic E-state index is 13.1. The second kappa shape index (κ2) is 5.87. The molecular formula is C13H12ClFN2O2S. The van der Waals surface area contributed by atoms with Gasteiger partial charge < -0.3 is 0 Å². The molecule has 0 saturated heterocycles. The Morgan fingerprint density at radius 2 is 1.90 bits per heavy atom. The molecule has 0 spiro atoms. The van der Waals surface area contributed by atoms with E-state index >= 15 is 0 Å². The van der Waals surface area contributed by atoms with Gasteiger partial charge in [-0.05, 0) is 42.8 Å². The van der Waals surface area contributed by atoms with Crippen LogP contribution in [-0.2, 0) is 10.0 Å². The highest BCUT2D eigenvalue weighted by atomic mass is 35.5. The van der Waals surface area contributed by atoms with E-state index in [0.717, 1.165) is 17.7 Å². The summed E-state index contributed by atoms with van der Waals surface area (Å²) in [6.45, 7) is 1.71. The summed E-state index contributed by atoms with van der Waals surface area (Å²) in [6.07, 6.45) is 3.16. The Kier molecular flexibility index (Phi) is 4.37. The normalized spacial score (nSPS) is 13.2. The Bertz CT molecular complexity index is 708. The van der Waals surface area contributed by atoms with Gasteiger partial charge in [0.1, 0.15) is 5.82 Å². The molecule has 0 radical (unpaired) electrons. The fourth-order valence-corrected chi connectivity index (χ4v) is 3.17. The molecule has 4 nitrogen and oxygen atoms in total. The minimum atomic E-state index is -3.77. The molecule has 0 aliphatic heterocycles. The SMILES string of the molecule is C[C@H](NS(=O)(=O)c1ccc(F)c(Cl)c1)c1ccncc1. The van der Waals surface area contributed by atoms with Crippen molar-refractivity contribution in [1.82, 2.24) is 9.71 Å². The predicted octanol–water partition coefficient (Wildman–Crippen LogP) is 2.91. The van der Waals surface area contributed by atoms with Gasteiger partial charge in [-0.2, -0.15) is 0 Å². The van der Waals surface area contributed by atoms with Gasteiger partial charge in [-0.25, -0.2) is 17.5 Å². The van der Waals surface area contributed by atoms with Crippen LogP contribution in [0.15, 0.2) is 47.6 Å². The van der Waals surface area contributed by atoms with Crippen LogP contribution in [0, 0.1) is 5.82 Å². The van der Waals surface area contributed by atoms with Crippen LogP contribution in [0.5, 0.6) is 0 Å². The van der Waals surface area contributed by atoms with Crippen molar-refractivity contribution < 1.29 is 12.8 Å². The number of sulfonamides is 1. The highest BCUT2D eigenvalue weighted by molar-refractivity contribution is 7.89. The molecule has 0 amide bonds. The van der Waals surface area contributed by atoms with Crippen LogP contribution >= 0.6 is 11.6 Å². The van der Waals surface area contributed by atoms with Gasteiger partial charge in [0.15, 0.2) is 0 Å². The first-order chi connectivity index (χ1) is 9.40. The van der Waals surface area contributed by atoms with Gasteiger partial charge in [-0.1, -0.05) is 11.6 Å². The topological polar surface area (TPSA) is 59.1 Å². The number of nitrogens with zero attached hydrogens (tertiary/aromatic N) is 1. The molecular weight excluding hydrogens is 303 g/mol. The van der Waals surface area contributed by atoms with E-state index in [0.29, 0.717) is 0 Å². The lowest BCUT2D eigenvalue weighted by molar-refractivity contribution is 0.566. The number of pyridine rings is 1. The molecule has 2 aromatic rings. The fourth-order valence-electron chi connectivity index (χ4n) is 1.66. The van der Waals surface area contributed by atoms with Crippen molar-refractivity contribution in [3.05, 3.63) is 59.1 Å². The Hall–Kier alpha value is -1.50. The highest BCUT2D eigenvalue weighted by Crippen LogP contribution is 2.21. The average molecular weight is 315 g/mol. The number of nitrogens with one attached hydrogen (secondary N) is 1. The van der Waals surface area contributed by atoms with E-state index in [1.165, 1.54) is 6.07 Å². The lowest BCUT2D eigenvalue weighted by Crippen LogP contribution is -2.26. The summed E-state index contributed by atoms with van der Waals surface area (Å²) in [7, 11) is -3.77.